The number of nitrogens with zero attached hydrogens (tertiary/aromatic N) is 1. The van der Waals surface area contributed by atoms with Gasteiger partial charge in [0.05, 0.1) is 22.8 Å². The molecular weight excluding hydrogens is 442 g/mol. The molecule has 1 aliphatic heterocycles. The van der Waals surface area contributed by atoms with Crippen LogP contribution >= 0.6 is 0 Å². The van der Waals surface area contributed by atoms with Crippen LogP contribution in [0.2, 0.25) is 0 Å². The Balaban J connectivity index is 1.89. The number of aliphatic hydroxyl groups is 1. The van der Waals surface area contributed by atoms with E-state index in [0.29, 0.717) is 5.56 Å². The average molecular weight is 469 g/mol. The molecule has 2 N–H and O–H groups in total. The van der Waals surface area contributed by atoms with E-state index in [-0.39, 0.29) is 30.2 Å². The number of anilines is 1. The van der Waals surface area contributed by atoms with Crippen molar-refractivity contribution < 1.29 is 31.8 Å². The number of hydrogen-bond donors (Lipinski definition) is 2. The lowest BCUT2D eigenvalue weighted by molar-refractivity contribution is -0.135. The van der Waals surface area contributed by atoms with Crippen LogP contribution in [0.3, 0.4) is 0 Å². The van der Waals surface area contributed by atoms with Gasteiger partial charge in [0, 0.05) is 24.8 Å². The number of hydrogen-bond acceptors (Lipinski definition) is 6. The molecule has 10 heteroatoms. The number of benzene rings is 2. The molecule has 1 fully saturated rings. The quantitative estimate of drug-likeness (QED) is 0.649. The van der Waals surface area contributed by atoms with E-state index in [1.54, 1.807) is 26.0 Å². The Hall–Kier alpha value is -2.40. The van der Waals surface area contributed by atoms with E-state index in [9.17, 15) is 27.1 Å². The van der Waals surface area contributed by atoms with Crippen LogP contribution in [0.1, 0.15) is 31.7 Å². The molecule has 1 amide bonds. The third-order valence-corrected chi connectivity index (χ3v) is 6.34. The molecule has 1 heterocycles. The Morgan fingerprint density at radius 2 is 1.81 bits per heavy atom. The third kappa shape index (κ3) is 5.69. The zero-order valence-corrected chi connectivity index (χ0v) is 18.8. The fourth-order valence-electron chi connectivity index (χ4n) is 3.39. The van der Waals surface area contributed by atoms with Gasteiger partial charge >= 0.3 is 0 Å². The summed E-state index contributed by atoms with van der Waals surface area (Å²) in [6.07, 6.45) is 0.390. The van der Waals surface area contributed by atoms with E-state index >= 15 is 0 Å². The number of carbonyl (C=O) groups excluding carboxylic acids is 1. The summed E-state index contributed by atoms with van der Waals surface area (Å²) in [6, 6.07) is 9.29. The van der Waals surface area contributed by atoms with E-state index in [2.05, 4.69) is 5.43 Å². The molecule has 3 rings (SSSR count). The molecule has 1 saturated heterocycles. The second-order valence-corrected chi connectivity index (χ2v) is 10.5. The lowest BCUT2D eigenvalue weighted by Crippen LogP contribution is -2.58. The van der Waals surface area contributed by atoms with Crippen LogP contribution in [0.15, 0.2) is 47.4 Å². The molecule has 0 radical (unpaired) electrons. The Morgan fingerprint density at radius 3 is 2.38 bits per heavy atom. The van der Waals surface area contributed by atoms with Crippen molar-refractivity contribution in [2.45, 2.75) is 42.8 Å². The number of ether oxygens (including phenoxy) is 1. The van der Waals surface area contributed by atoms with Crippen molar-refractivity contribution in [3.05, 3.63) is 59.7 Å². The largest absolute Gasteiger partial charge is 0.390 e. The van der Waals surface area contributed by atoms with E-state index in [4.69, 9.17) is 4.74 Å². The topological polar surface area (TPSA) is 95.9 Å². The number of amides is 1. The molecule has 2 aromatic rings. The summed E-state index contributed by atoms with van der Waals surface area (Å²) < 4.78 is 56.4. The molecule has 0 aliphatic carbocycles. The van der Waals surface area contributed by atoms with Crippen molar-refractivity contribution in [2.24, 2.45) is 0 Å². The molecule has 174 valence electrons. The number of nitrogens with one attached hydrogen (secondary N) is 1. The van der Waals surface area contributed by atoms with Gasteiger partial charge < -0.3 is 9.84 Å². The zero-order valence-electron chi connectivity index (χ0n) is 18.0. The maximum Gasteiger partial charge on any atom is 0.271 e. The van der Waals surface area contributed by atoms with Gasteiger partial charge in [0.15, 0.2) is 21.5 Å². The van der Waals surface area contributed by atoms with E-state index < -0.39 is 45.0 Å². The van der Waals surface area contributed by atoms with Gasteiger partial charge in [-0.25, -0.2) is 27.6 Å². The van der Waals surface area contributed by atoms with Crippen molar-refractivity contribution >= 4 is 21.4 Å². The van der Waals surface area contributed by atoms with Crippen molar-refractivity contribution in [1.29, 1.82) is 0 Å². The average Bonchev–Trinajstić information content (AvgIpc) is 2.70. The summed E-state index contributed by atoms with van der Waals surface area (Å²) in [6.45, 7) is 3.55. The normalized spacial score (nSPS) is 19.9. The van der Waals surface area contributed by atoms with Gasteiger partial charge in [-0.15, -0.1) is 0 Å². The highest BCUT2D eigenvalue weighted by Crippen LogP contribution is 2.30. The first-order valence-corrected chi connectivity index (χ1v) is 11.9. The van der Waals surface area contributed by atoms with E-state index in [0.717, 1.165) is 23.4 Å². The van der Waals surface area contributed by atoms with Crippen LogP contribution in [0.5, 0.6) is 0 Å². The summed E-state index contributed by atoms with van der Waals surface area (Å²) in [5, 5.41) is 11.1. The van der Waals surface area contributed by atoms with Gasteiger partial charge in [0.25, 0.3) is 5.91 Å². The van der Waals surface area contributed by atoms with Crippen LogP contribution in [0.4, 0.5) is 14.5 Å². The van der Waals surface area contributed by atoms with Gasteiger partial charge in [-0.1, -0.05) is 12.1 Å². The predicted octanol–water partition coefficient (Wildman–Crippen LogP) is 2.55. The number of rotatable bonds is 7. The molecule has 7 nitrogen and oxygen atoms in total. The number of carbonyl (C=O) groups is 1. The first-order chi connectivity index (χ1) is 14.9. The maximum absolute atomic E-state index is 13.7. The zero-order chi connectivity index (χ0) is 23.7. The SMILES string of the molecule is CC(C)(O)CCOC1C(=O)N(c2ccc(F)c(F)c2)NCC1c1ccc(S(C)(=O)=O)cc1. The van der Waals surface area contributed by atoms with Crippen molar-refractivity contribution in [1.82, 2.24) is 5.43 Å². The van der Waals surface area contributed by atoms with Crippen molar-refractivity contribution in [3.8, 4) is 0 Å². The minimum Gasteiger partial charge on any atom is -0.390 e. The Labute approximate surface area is 185 Å². The highest BCUT2D eigenvalue weighted by molar-refractivity contribution is 7.90. The molecular formula is C22H26F2N2O5S. The lowest BCUT2D eigenvalue weighted by Gasteiger charge is -2.38. The van der Waals surface area contributed by atoms with E-state index in [1.165, 1.54) is 18.2 Å². The Morgan fingerprint density at radius 1 is 1.16 bits per heavy atom. The molecule has 0 spiro atoms. The predicted molar refractivity (Wildman–Crippen MR) is 115 cm³/mol. The van der Waals surface area contributed by atoms with Gasteiger partial charge in [0.2, 0.25) is 0 Å². The number of halogens is 2. The highest BCUT2D eigenvalue weighted by Gasteiger charge is 2.39. The smallest absolute Gasteiger partial charge is 0.271 e. The van der Waals surface area contributed by atoms with Crippen LogP contribution in [-0.2, 0) is 19.4 Å². The van der Waals surface area contributed by atoms with Gasteiger partial charge in [-0.2, -0.15) is 0 Å². The third-order valence-electron chi connectivity index (χ3n) is 5.21. The fraction of sp³-hybridized carbons (Fsp3) is 0.409. The summed E-state index contributed by atoms with van der Waals surface area (Å²) >= 11 is 0. The summed E-state index contributed by atoms with van der Waals surface area (Å²) in [7, 11) is -3.37. The Kier molecular flexibility index (Phi) is 6.99. The second kappa shape index (κ2) is 9.22. The number of hydrazine groups is 1. The molecule has 0 bridgehead atoms. The monoisotopic (exact) mass is 468 g/mol. The minimum atomic E-state index is -3.37. The van der Waals surface area contributed by atoms with Crippen LogP contribution < -0.4 is 10.4 Å². The lowest BCUT2D eigenvalue weighted by atomic mass is 9.91. The molecule has 1 aliphatic rings. The maximum atomic E-state index is 13.7. The summed E-state index contributed by atoms with van der Waals surface area (Å²) in [4.78, 5) is 13.4. The summed E-state index contributed by atoms with van der Waals surface area (Å²) in [5.74, 6) is -3.11. The second-order valence-electron chi connectivity index (χ2n) is 8.44. The first kappa shape index (κ1) is 24.2. The van der Waals surface area contributed by atoms with E-state index in [1.807, 2.05) is 0 Å². The van der Waals surface area contributed by atoms with Crippen LogP contribution in [-0.4, -0.2) is 50.5 Å². The molecule has 32 heavy (non-hydrogen) atoms. The first-order valence-electron chi connectivity index (χ1n) is 10.0. The molecule has 2 atom stereocenters. The standard InChI is InChI=1S/C22H26F2N2O5S/c1-22(2,28)10-11-31-20-17(14-4-7-16(8-5-14)32(3,29)30)13-25-26(21(20)27)15-6-9-18(23)19(24)12-15/h4-9,12,17,20,25,28H,10-11,13H2,1-3H3. The molecule has 2 unspecified atom stereocenters. The van der Waals surface area contributed by atoms with Crippen LogP contribution in [0, 0.1) is 11.6 Å². The number of sulfone groups is 1. The van der Waals surface area contributed by atoms with Gasteiger partial charge in [-0.05, 0) is 50.1 Å². The fourth-order valence-corrected chi connectivity index (χ4v) is 4.03. The van der Waals surface area contributed by atoms with Crippen molar-refractivity contribution in [3.63, 3.8) is 0 Å². The highest BCUT2D eigenvalue weighted by atomic mass is 32.2. The Bertz CT molecular complexity index is 1080. The van der Waals surface area contributed by atoms with Crippen LogP contribution in [0.25, 0.3) is 0 Å². The molecule has 0 saturated carbocycles. The van der Waals surface area contributed by atoms with Crippen molar-refractivity contribution in [2.75, 3.05) is 24.4 Å². The van der Waals surface area contributed by atoms with Gasteiger partial charge in [-0.3, -0.25) is 4.79 Å². The molecule has 0 aromatic heterocycles. The summed E-state index contributed by atoms with van der Waals surface area (Å²) in [5.41, 5.74) is 2.71. The minimum absolute atomic E-state index is 0.0868. The molecule has 2 aromatic carbocycles. The van der Waals surface area contributed by atoms with Gasteiger partial charge in [0.1, 0.15) is 6.10 Å².